The van der Waals surface area contributed by atoms with Gasteiger partial charge in [0.25, 0.3) is 0 Å². The number of nitrogens with zero attached hydrogens (tertiary/aromatic N) is 1. The first-order chi connectivity index (χ1) is 17.8. The van der Waals surface area contributed by atoms with Crippen molar-refractivity contribution in [1.82, 2.24) is 0 Å². The first-order valence-electron chi connectivity index (χ1n) is 12.2. The summed E-state index contributed by atoms with van der Waals surface area (Å²) < 4.78 is 2.98. The van der Waals surface area contributed by atoms with Gasteiger partial charge >= 0.3 is 211 Å². The summed E-state index contributed by atoms with van der Waals surface area (Å²) in [5.74, 6) is 0. The predicted molar refractivity (Wildman–Crippen MR) is 156 cm³/mol. The van der Waals surface area contributed by atoms with Crippen LogP contribution in [0.4, 0.5) is 17.1 Å². The Morgan fingerprint density at radius 3 is 1.83 bits per heavy atom. The van der Waals surface area contributed by atoms with Crippen LogP contribution in [0.15, 0.2) is 140 Å². The third kappa shape index (κ3) is 3.63. The third-order valence-electron chi connectivity index (χ3n) is 6.85. The van der Waals surface area contributed by atoms with E-state index in [-0.39, 0.29) is 0 Å². The summed E-state index contributed by atoms with van der Waals surface area (Å²) >= 11 is 0.318. The van der Waals surface area contributed by atoms with E-state index in [1.165, 1.54) is 46.9 Å². The van der Waals surface area contributed by atoms with Crippen LogP contribution in [0.3, 0.4) is 0 Å². The summed E-state index contributed by atoms with van der Waals surface area (Å²) in [6, 6.07) is 50.5. The molecular weight excluding hydrogens is 501 g/mol. The van der Waals surface area contributed by atoms with E-state index in [1.54, 1.807) is 0 Å². The number of fused-ring (bicyclic) bond motifs is 5. The molecule has 0 atom stereocenters. The molecule has 0 aliphatic rings. The SMILES string of the molecule is c1ccc(-c2ccc(N(c3ccccc3)c3ccc4ccc5c6ccccc6[se]c5c4c3)cc2)cc1. The van der Waals surface area contributed by atoms with Crippen LogP contribution in [0.2, 0.25) is 0 Å². The summed E-state index contributed by atoms with van der Waals surface area (Å²) in [6.45, 7) is 0. The van der Waals surface area contributed by atoms with Gasteiger partial charge in [0.2, 0.25) is 0 Å². The van der Waals surface area contributed by atoms with Crippen LogP contribution in [0.5, 0.6) is 0 Å². The van der Waals surface area contributed by atoms with Crippen LogP contribution in [-0.2, 0) is 0 Å². The van der Waals surface area contributed by atoms with Gasteiger partial charge in [0, 0.05) is 0 Å². The van der Waals surface area contributed by atoms with Gasteiger partial charge in [0.1, 0.15) is 0 Å². The van der Waals surface area contributed by atoms with E-state index < -0.39 is 0 Å². The van der Waals surface area contributed by atoms with Gasteiger partial charge in [0.15, 0.2) is 0 Å². The second kappa shape index (κ2) is 8.84. The fraction of sp³-hybridized carbons (Fsp3) is 0. The number of para-hydroxylation sites is 1. The molecule has 36 heavy (non-hydrogen) atoms. The second-order valence-electron chi connectivity index (χ2n) is 9.03. The van der Waals surface area contributed by atoms with Crippen molar-refractivity contribution in [2.75, 3.05) is 4.90 Å². The van der Waals surface area contributed by atoms with E-state index in [1.807, 2.05) is 0 Å². The van der Waals surface area contributed by atoms with Crippen LogP contribution < -0.4 is 4.90 Å². The Kier molecular flexibility index (Phi) is 5.21. The molecular formula is C34H23NSe. The summed E-state index contributed by atoms with van der Waals surface area (Å²) in [4.78, 5) is 2.36. The third-order valence-corrected chi connectivity index (χ3v) is 9.41. The summed E-state index contributed by atoms with van der Waals surface area (Å²) in [6.07, 6.45) is 0. The zero-order valence-electron chi connectivity index (χ0n) is 19.6. The van der Waals surface area contributed by atoms with Gasteiger partial charge in [-0.2, -0.15) is 0 Å². The second-order valence-corrected chi connectivity index (χ2v) is 11.2. The van der Waals surface area contributed by atoms with Gasteiger partial charge in [0.05, 0.1) is 0 Å². The molecule has 0 N–H and O–H groups in total. The van der Waals surface area contributed by atoms with Crippen LogP contribution in [0.25, 0.3) is 41.2 Å². The molecule has 0 saturated carbocycles. The van der Waals surface area contributed by atoms with E-state index in [0.717, 1.165) is 11.4 Å². The molecule has 0 aliphatic carbocycles. The van der Waals surface area contributed by atoms with Crippen molar-refractivity contribution in [2.24, 2.45) is 0 Å². The van der Waals surface area contributed by atoms with Crippen molar-refractivity contribution in [3.05, 3.63) is 140 Å². The van der Waals surface area contributed by atoms with Crippen molar-refractivity contribution >= 4 is 61.6 Å². The number of benzene rings is 6. The number of rotatable bonds is 4. The van der Waals surface area contributed by atoms with Gasteiger partial charge in [-0.15, -0.1) is 0 Å². The Balaban J connectivity index is 1.41. The van der Waals surface area contributed by atoms with Crippen molar-refractivity contribution in [3.63, 3.8) is 0 Å². The number of anilines is 3. The van der Waals surface area contributed by atoms with E-state index in [0.29, 0.717) is 14.5 Å². The van der Waals surface area contributed by atoms with Gasteiger partial charge in [-0.3, -0.25) is 0 Å². The fourth-order valence-corrected chi connectivity index (χ4v) is 7.67. The molecule has 1 nitrogen and oxygen atoms in total. The summed E-state index contributed by atoms with van der Waals surface area (Å²) in [5.41, 5.74) is 5.95. The van der Waals surface area contributed by atoms with Crippen LogP contribution in [0, 0.1) is 0 Å². The standard InChI is InChI=1S/C34H23NSe/c1-3-9-24(10-4-1)25-15-19-28(20-16-25)35(27-11-5-2-6-12-27)29-21-17-26-18-22-31-30-13-7-8-14-33(30)36-34(31)32(26)23-29/h1-23H. The molecule has 6 aromatic carbocycles. The monoisotopic (exact) mass is 525 g/mol. The Bertz CT molecular complexity index is 1820. The fourth-order valence-electron chi connectivity index (χ4n) is 5.09. The molecule has 7 aromatic rings. The summed E-state index contributed by atoms with van der Waals surface area (Å²) in [5, 5.41) is 5.47. The molecule has 7 rings (SSSR count). The van der Waals surface area contributed by atoms with Gasteiger partial charge in [-0.25, -0.2) is 0 Å². The number of hydrogen-bond donors (Lipinski definition) is 0. The Morgan fingerprint density at radius 1 is 0.417 bits per heavy atom. The van der Waals surface area contributed by atoms with Crippen LogP contribution in [0.1, 0.15) is 0 Å². The Morgan fingerprint density at radius 2 is 1.03 bits per heavy atom. The average molecular weight is 525 g/mol. The molecule has 0 aliphatic heterocycles. The predicted octanol–water partition coefficient (Wildman–Crippen LogP) is 9.34. The van der Waals surface area contributed by atoms with Crippen LogP contribution in [-0.4, -0.2) is 14.5 Å². The Labute approximate surface area is 216 Å². The Hall–Kier alpha value is -4.10. The molecule has 170 valence electrons. The van der Waals surface area contributed by atoms with Crippen molar-refractivity contribution in [1.29, 1.82) is 0 Å². The molecule has 0 fully saturated rings. The van der Waals surface area contributed by atoms with E-state index in [9.17, 15) is 0 Å². The van der Waals surface area contributed by atoms with E-state index >= 15 is 0 Å². The molecule has 0 radical (unpaired) electrons. The zero-order chi connectivity index (χ0) is 23.9. The normalized spacial score (nSPS) is 11.3. The molecule has 0 unspecified atom stereocenters. The molecule has 1 aromatic heterocycles. The molecule has 0 amide bonds. The first kappa shape index (κ1) is 21.2. The maximum atomic E-state index is 2.39. The van der Waals surface area contributed by atoms with Gasteiger partial charge in [-0.1, -0.05) is 6.07 Å². The molecule has 0 spiro atoms. The minimum atomic E-state index is 0.318. The first-order valence-corrected chi connectivity index (χ1v) is 13.9. The number of hydrogen-bond acceptors (Lipinski definition) is 1. The maximum absolute atomic E-state index is 2.39. The topological polar surface area (TPSA) is 3.24 Å². The van der Waals surface area contributed by atoms with Gasteiger partial charge in [-0.05, 0) is 0 Å². The van der Waals surface area contributed by atoms with Crippen molar-refractivity contribution in [3.8, 4) is 11.1 Å². The minimum absolute atomic E-state index is 0.318. The average Bonchev–Trinajstić information content (AvgIpc) is 3.34. The summed E-state index contributed by atoms with van der Waals surface area (Å²) in [7, 11) is 0. The molecule has 1 heterocycles. The van der Waals surface area contributed by atoms with E-state index in [2.05, 4.69) is 144 Å². The van der Waals surface area contributed by atoms with Crippen LogP contribution >= 0.6 is 0 Å². The molecule has 0 saturated heterocycles. The molecule has 2 heteroatoms. The van der Waals surface area contributed by atoms with Crippen molar-refractivity contribution < 1.29 is 0 Å². The molecule has 0 bridgehead atoms. The van der Waals surface area contributed by atoms with Crippen molar-refractivity contribution in [2.45, 2.75) is 0 Å². The zero-order valence-corrected chi connectivity index (χ0v) is 21.3. The van der Waals surface area contributed by atoms with Gasteiger partial charge < -0.3 is 0 Å². The van der Waals surface area contributed by atoms with E-state index in [4.69, 9.17) is 0 Å². The quantitative estimate of drug-likeness (QED) is 0.207.